The molecule has 2 aromatic heterocycles. The number of fused-ring (bicyclic) bond motifs is 1. The van der Waals surface area contributed by atoms with E-state index < -0.39 is 17.2 Å². The molecule has 27 heavy (non-hydrogen) atoms. The molecular weight excluding hydrogens is 356 g/mol. The summed E-state index contributed by atoms with van der Waals surface area (Å²) in [6, 6.07) is 4.07. The molecule has 0 unspecified atom stereocenters. The van der Waals surface area contributed by atoms with Crippen molar-refractivity contribution in [1.82, 2.24) is 24.1 Å². The zero-order chi connectivity index (χ0) is 19.7. The summed E-state index contributed by atoms with van der Waals surface area (Å²) in [4.78, 5) is 40.2. The lowest BCUT2D eigenvalue weighted by Crippen LogP contribution is -2.37. The van der Waals surface area contributed by atoms with Gasteiger partial charge < -0.3 is 14.8 Å². The third-order valence-electron chi connectivity index (χ3n) is 3.93. The van der Waals surface area contributed by atoms with Crippen LogP contribution in [0.1, 0.15) is 5.56 Å². The van der Waals surface area contributed by atoms with E-state index in [4.69, 9.17) is 0 Å². The van der Waals surface area contributed by atoms with E-state index in [0.29, 0.717) is 5.56 Å². The number of carbonyl (C=O) groups excluding carboxylic acids is 1. The molecule has 3 N–H and O–H groups in total. The van der Waals surface area contributed by atoms with Crippen molar-refractivity contribution in [3.8, 4) is 11.5 Å². The van der Waals surface area contributed by atoms with E-state index in [9.17, 15) is 24.6 Å². The molecule has 1 aromatic carbocycles. The summed E-state index contributed by atoms with van der Waals surface area (Å²) in [6.07, 6.45) is 2.58. The summed E-state index contributed by atoms with van der Waals surface area (Å²) in [5.41, 5.74) is 1.99. The van der Waals surface area contributed by atoms with Gasteiger partial charge in [0.2, 0.25) is 0 Å². The van der Waals surface area contributed by atoms with Crippen LogP contribution >= 0.6 is 0 Å². The second-order valence-corrected chi connectivity index (χ2v) is 5.79. The highest BCUT2D eigenvalue weighted by molar-refractivity contribution is 5.83. The van der Waals surface area contributed by atoms with Gasteiger partial charge in [-0.3, -0.25) is 18.7 Å². The zero-order valence-corrected chi connectivity index (χ0v) is 14.4. The third-order valence-corrected chi connectivity index (χ3v) is 3.93. The predicted octanol–water partition coefficient (Wildman–Crippen LogP) is -1.00. The molecule has 0 aliphatic rings. The van der Waals surface area contributed by atoms with Crippen LogP contribution in [0.5, 0.6) is 11.5 Å². The molecule has 0 fully saturated rings. The Morgan fingerprint density at radius 3 is 2.67 bits per heavy atom. The number of nitrogens with one attached hydrogen (secondary N) is 1. The highest BCUT2D eigenvalue weighted by Gasteiger charge is 2.15. The van der Waals surface area contributed by atoms with E-state index in [1.165, 1.54) is 54.0 Å². The van der Waals surface area contributed by atoms with E-state index in [0.717, 1.165) is 4.57 Å². The van der Waals surface area contributed by atoms with E-state index >= 15 is 0 Å². The number of rotatable bonds is 4. The fraction of sp³-hybridized carbons (Fsp3) is 0.188. The van der Waals surface area contributed by atoms with Crippen LogP contribution in [0.4, 0.5) is 0 Å². The maximum absolute atomic E-state index is 12.1. The van der Waals surface area contributed by atoms with Crippen LogP contribution in [-0.2, 0) is 25.4 Å². The van der Waals surface area contributed by atoms with Crippen molar-refractivity contribution in [2.24, 2.45) is 19.2 Å². The minimum atomic E-state index is -0.544. The number of nitrogens with zero attached hydrogens (tertiary/aromatic N) is 5. The molecule has 0 bridgehead atoms. The van der Waals surface area contributed by atoms with Gasteiger partial charge in [-0.15, -0.1) is 0 Å². The van der Waals surface area contributed by atoms with Crippen molar-refractivity contribution in [1.29, 1.82) is 0 Å². The summed E-state index contributed by atoms with van der Waals surface area (Å²) in [6.45, 7) is -0.213. The maximum atomic E-state index is 12.1. The predicted molar refractivity (Wildman–Crippen MR) is 95.7 cm³/mol. The molecule has 0 aliphatic carbocycles. The van der Waals surface area contributed by atoms with Gasteiger partial charge >= 0.3 is 5.69 Å². The lowest BCUT2D eigenvalue weighted by molar-refractivity contribution is -0.121. The van der Waals surface area contributed by atoms with Gasteiger partial charge in [0.25, 0.3) is 11.5 Å². The summed E-state index contributed by atoms with van der Waals surface area (Å²) < 4.78 is 3.55. The number of phenols is 2. The Kier molecular flexibility index (Phi) is 4.50. The second-order valence-electron chi connectivity index (χ2n) is 5.79. The van der Waals surface area contributed by atoms with Gasteiger partial charge in [0.15, 0.2) is 17.0 Å². The quantitative estimate of drug-likeness (QED) is 0.304. The van der Waals surface area contributed by atoms with Gasteiger partial charge in [-0.25, -0.2) is 15.2 Å². The Labute approximate surface area is 151 Å². The Bertz CT molecular complexity index is 1190. The molecule has 11 nitrogen and oxygen atoms in total. The molecule has 0 atom stereocenters. The van der Waals surface area contributed by atoms with Gasteiger partial charge in [0.1, 0.15) is 12.2 Å². The number of benzene rings is 1. The highest BCUT2D eigenvalue weighted by atomic mass is 16.3. The van der Waals surface area contributed by atoms with Crippen molar-refractivity contribution in [2.45, 2.75) is 6.54 Å². The van der Waals surface area contributed by atoms with E-state index in [-0.39, 0.29) is 29.2 Å². The summed E-state index contributed by atoms with van der Waals surface area (Å²) >= 11 is 0. The fourth-order valence-electron chi connectivity index (χ4n) is 2.54. The number of imidazole rings is 1. The first-order valence-electron chi connectivity index (χ1n) is 7.74. The van der Waals surface area contributed by atoms with Crippen LogP contribution < -0.4 is 16.7 Å². The normalized spacial score (nSPS) is 11.3. The van der Waals surface area contributed by atoms with Crippen LogP contribution in [0, 0.1) is 0 Å². The van der Waals surface area contributed by atoms with E-state index in [1.54, 1.807) is 0 Å². The van der Waals surface area contributed by atoms with Crippen molar-refractivity contribution >= 4 is 23.3 Å². The molecule has 0 saturated carbocycles. The van der Waals surface area contributed by atoms with Crippen LogP contribution in [-0.4, -0.2) is 41.0 Å². The molecule has 0 radical (unpaired) electrons. The lowest BCUT2D eigenvalue weighted by Gasteiger charge is -2.07. The number of hydrogen-bond acceptors (Lipinski definition) is 7. The highest BCUT2D eigenvalue weighted by Crippen LogP contribution is 2.23. The molecule has 3 rings (SSSR count). The van der Waals surface area contributed by atoms with Gasteiger partial charge in [-0.05, 0) is 23.8 Å². The number of aromatic hydroxyl groups is 2. The minimum absolute atomic E-state index is 0.0791. The molecule has 0 spiro atoms. The maximum Gasteiger partial charge on any atom is 0.332 e. The number of aryl methyl sites for hydroxylation is 1. The monoisotopic (exact) mass is 372 g/mol. The number of carbonyl (C=O) groups is 1. The Morgan fingerprint density at radius 2 is 1.96 bits per heavy atom. The molecule has 3 aromatic rings. The number of aromatic nitrogens is 4. The standard InChI is InChI=1S/C16H16N6O5/c1-20-14-13(15(26)21(2)16(20)27)17-8-22(14)7-12(25)19-18-6-9-3-4-10(23)11(24)5-9/h3-6,8,23-24H,7H2,1-2H3,(H,19,25). The van der Waals surface area contributed by atoms with Gasteiger partial charge in [0, 0.05) is 14.1 Å². The van der Waals surface area contributed by atoms with Gasteiger partial charge in [-0.1, -0.05) is 0 Å². The number of phenolic OH excluding ortho intramolecular Hbond substituents is 2. The SMILES string of the molecule is Cn1c(=O)c2ncn(CC(=O)NN=Cc3ccc(O)c(O)c3)c2n(C)c1=O. The molecule has 11 heteroatoms. The lowest BCUT2D eigenvalue weighted by atomic mass is 10.2. The summed E-state index contributed by atoms with van der Waals surface area (Å²) in [7, 11) is 2.83. The van der Waals surface area contributed by atoms with Crippen molar-refractivity contribution in [3.05, 3.63) is 50.9 Å². The first-order valence-corrected chi connectivity index (χ1v) is 7.74. The van der Waals surface area contributed by atoms with Crippen LogP contribution in [0.2, 0.25) is 0 Å². The Balaban J connectivity index is 1.78. The van der Waals surface area contributed by atoms with Gasteiger partial charge in [0.05, 0.1) is 12.5 Å². The Morgan fingerprint density at radius 1 is 1.22 bits per heavy atom. The zero-order valence-electron chi connectivity index (χ0n) is 14.4. The largest absolute Gasteiger partial charge is 0.504 e. The van der Waals surface area contributed by atoms with Crippen molar-refractivity contribution in [2.75, 3.05) is 0 Å². The summed E-state index contributed by atoms with van der Waals surface area (Å²) in [5.74, 6) is -1.08. The van der Waals surface area contributed by atoms with E-state index in [1.807, 2.05) is 0 Å². The first kappa shape index (κ1) is 17.9. The fourth-order valence-corrected chi connectivity index (χ4v) is 2.54. The van der Waals surface area contributed by atoms with E-state index in [2.05, 4.69) is 15.5 Å². The molecule has 2 heterocycles. The van der Waals surface area contributed by atoms with Crippen LogP contribution in [0.15, 0.2) is 39.2 Å². The average molecular weight is 372 g/mol. The molecule has 1 amide bonds. The molecule has 0 aliphatic heterocycles. The first-order chi connectivity index (χ1) is 12.8. The summed E-state index contributed by atoms with van der Waals surface area (Å²) in [5, 5.41) is 22.4. The average Bonchev–Trinajstić information content (AvgIpc) is 3.04. The Hall–Kier alpha value is -3.89. The number of hydrogen-bond donors (Lipinski definition) is 3. The molecule has 140 valence electrons. The third kappa shape index (κ3) is 3.29. The topological polar surface area (TPSA) is 144 Å². The molecule has 0 saturated heterocycles. The smallest absolute Gasteiger partial charge is 0.332 e. The van der Waals surface area contributed by atoms with Crippen LogP contribution in [0.3, 0.4) is 0 Å². The van der Waals surface area contributed by atoms with Crippen LogP contribution in [0.25, 0.3) is 11.2 Å². The molecular formula is C16H16N6O5. The minimum Gasteiger partial charge on any atom is -0.504 e. The second kappa shape index (κ2) is 6.78. The number of hydrazone groups is 1. The van der Waals surface area contributed by atoms with Crippen molar-refractivity contribution in [3.63, 3.8) is 0 Å². The number of amides is 1. The van der Waals surface area contributed by atoms with Crippen molar-refractivity contribution < 1.29 is 15.0 Å². The van der Waals surface area contributed by atoms with Gasteiger partial charge in [-0.2, -0.15) is 5.10 Å².